The number of carbonyl (C=O) groups excluding carboxylic acids is 1. The van der Waals surface area contributed by atoms with Gasteiger partial charge in [0, 0.05) is 6.92 Å². The van der Waals surface area contributed by atoms with Gasteiger partial charge in [-0.2, -0.15) is 0 Å². The monoisotopic (exact) mass is 691 g/mol. The van der Waals surface area contributed by atoms with Crippen molar-refractivity contribution in [3.63, 3.8) is 0 Å². The van der Waals surface area contributed by atoms with Crippen molar-refractivity contribution in [2.45, 2.75) is 137 Å². The lowest BCUT2D eigenvalue weighted by molar-refractivity contribution is -0.387. The highest BCUT2D eigenvalue weighted by molar-refractivity contribution is 5.73. The molecule has 4 fully saturated rings. The molecule has 0 aromatic heterocycles. The maximum Gasteiger partial charge on any atom is 0.217 e. The highest BCUT2D eigenvalue weighted by Gasteiger charge is 2.56. The number of rotatable bonds is 10. The normalized spacial score (nSPS) is 51.0. The third-order valence-corrected chi connectivity index (χ3v) is 8.57. The van der Waals surface area contributed by atoms with Gasteiger partial charge in [0.1, 0.15) is 91.5 Å². The minimum Gasteiger partial charge on any atom is -0.394 e. The predicted octanol–water partition coefficient (Wildman–Crippen LogP) is -8.58. The highest BCUT2D eigenvalue weighted by Crippen LogP contribution is 2.35. The topological polar surface area (TPSA) is 336 Å². The molecule has 0 spiro atoms. The van der Waals surface area contributed by atoms with Gasteiger partial charge in [-0.15, -0.1) is 0 Å². The van der Waals surface area contributed by atoms with E-state index in [1.165, 1.54) is 6.92 Å². The summed E-state index contributed by atoms with van der Waals surface area (Å²) in [5, 5.41) is 126. The molecule has 21 nitrogen and oxygen atoms in total. The Morgan fingerprint density at radius 2 is 1.02 bits per heavy atom. The van der Waals surface area contributed by atoms with Crippen molar-refractivity contribution in [2.75, 3.05) is 19.8 Å². The molecule has 0 radical (unpaired) electrons. The van der Waals surface area contributed by atoms with Crippen LogP contribution in [-0.4, -0.2) is 210 Å². The van der Waals surface area contributed by atoms with Crippen molar-refractivity contribution in [3.8, 4) is 0 Å². The van der Waals surface area contributed by atoms with Crippen molar-refractivity contribution >= 4 is 5.91 Å². The van der Waals surface area contributed by atoms with Crippen molar-refractivity contribution < 1.29 is 99.2 Å². The summed E-state index contributed by atoms with van der Waals surface area (Å²) in [5.41, 5.74) is 0. The lowest BCUT2D eigenvalue weighted by atomic mass is 9.94. The van der Waals surface area contributed by atoms with E-state index >= 15 is 0 Å². The second kappa shape index (κ2) is 16.2. The molecule has 4 rings (SSSR count). The SMILES string of the molecule is CC(=O)N[C@H]1C(O[C@H]2[C@@H](O)[C@H](O)[C@@H](CO)O[C@H]2O)O[C@H](CO)[C@@H](OC2O[C@H](CO)[C@H](O)[C@H](O)[C@H]2O)[C@@H]1OC1O[C@@H](C)[C@@H](O)[C@@H](O)[C@@H]1O. The minimum absolute atomic E-state index is 0.759. The minimum atomic E-state index is -1.97. The maximum absolute atomic E-state index is 12.5. The summed E-state index contributed by atoms with van der Waals surface area (Å²) in [6.07, 6.45) is -32.6. The lowest BCUT2D eigenvalue weighted by Crippen LogP contribution is -2.71. The van der Waals surface area contributed by atoms with Gasteiger partial charge >= 0.3 is 0 Å². The van der Waals surface area contributed by atoms with Crippen LogP contribution in [0.5, 0.6) is 0 Å². The lowest BCUT2D eigenvalue weighted by Gasteiger charge is -2.51. The Hall–Kier alpha value is -1.29. The number of carbonyl (C=O) groups is 1. The zero-order valence-electron chi connectivity index (χ0n) is 25.3. The average Bonchev–Trinajstić information content (AvgIpc) is 3.04. The van der Waals surface area contributed by atoms with E-state index in [-0.39, 0.29) is 0 Å². The molecule has 0 aromatic rings. The van der Waals surface area contributed by atoms with Crippen LogP contribution in [-0.2, 0) is 38.0 Å². The van der Waals surface area contributed by atoms with Gasteiger partial charge in [-0.1, -0.05) is 0 Å². The summed E-state index contributed by atoms with van der Waals surface area (Å²) < 4.78 is 39.6. The van der Waals surface area contributed by atoms with Crippen LogP contribution in [0.4, 0.5) is 0 Å². The van der Waals surface area contributed by atoms with E-state index in [1.807, 2.05) is 0 Å². The van der Waals surface area contributed by atoms with Gasteiger partial charge in [0.15, 0.2) is 25.2 Å². The third kappa shape index (κ3) is 8.04. The number of hydrogen-bond donors (Lipinski definition) is 13. The molecule has 0 bridgehead atoms. The Kier molecular flexibility index (Phi) is 13.2. The van der Waals surface area contributed by atoms with Gasteiger partial charge in [-0.05, 0) is 6.92 Å². The first-order chi connectivity index (χ1) is 22.1. The second-order valence-electron chi connectivity index (χ2n) is 11.9. The van der Waals surface area contributed by atoms with Gasteiger partial charge in [0.05, 0.1) is 25.9 Å². The molecular weight excluding hydrogens is 646 g/mol. The molecular formula is C26H45NO20. The van der Waals surface area contributed by atoms with Crippen molar-refractivity contribution in [2.24, 2.45) is 0 Å². The number of amides is 1. The highest BCUT2D eigenvalue weighted by atomic mass is 16.8. The molecule has 4 aliphatic rings. The van der Waals surface area contributed by atoms with Crippen molar-refractivity contribution in [1.82, 2.24) is 5.32 Å². The number of ether oxygens (including phenoxy) is 7. The number of aliphatic hydroxyl groups excluding tert-OH is 12. The zero-order chi connectivity index (χ0) is 34.9. The fourth-order valence-corrected chi connectivity index (χ4v) is 5.87. The molecule has 4 aliphatic heterocycles. The summed E-state index contributed by atoms with van der Waals surface area (Å²) in [6, 6.07) is -1.60. The Balaban J connectivity index is 1.71. The molecule has 13 N–H and O–H groups in total. The van der Waals surface area contributed by atoms with Crippen molar-refractivity contribution in [1.29, 1.82) is 0 Å². The maximum atomic E-state index is 12.5. The van der Waals surface area contributed by atoms with E-state index in [1.54, 1.807) is 0 Å². The third-order valence-electron chi connectivity index (χ3n) is 8.57. The van der Waals surface area contributed by atoms with Crippen LogP contribution in [0, 0.1) is 0 Å². The first-order valence-corrected chi connectivity index (χ1v) is 15.0. The smallest absolute Gasteiger partial charge is 0.217 e. The average molecular weight is 692 g/mol. The van der Waals surface area contributed by atoms with E-state index in [0.717, 1.165) is 6.92 Å². The van der Waals surface area contributed by atoms with E-state index in [4.69, 9.17) is 33.2 Å². The first kappa shape index (κ1) is 38.5. The summed E-state index contributed by atoms with van der Waals surface area (Å²) in [4.78, 5) is 12.5. The van der Waals surface area contributed by atoms with Crippen molar-refractivity contribution in [3.05, 3.63) is 0 Å². The standard InChI is InChI=1S/C26H45NO20/c1-6-12(32)15(35)18(38)25(41-6)46-21-11(27-7(2)31)24(47-22-17(37)14(34)8(3-28)42-23(22)40)44-10(5-30)20(21)45-26-19(39)16(36)13(33)9(4-29)43-26/h6,8-26,28-30,32-40H,3-5H2,1-2H3,(H,27,31)/t6-,8+,9+,10+,11+,12+,13-,14+,15+,16-,17-,18-,19+,20+,21+,22-,23+,24?,25?,26?/m0/s1. The first-order valence-electron chi connectivity index (χ1n) is 15.0. The Labute approximate surface area is 267 Å². The number of aliphatic hydroxyl groups is 12. The van der Waals surface area contributed by atoms with E-state index < -0.39 is 148 Å². The molecule has 4 saturated heterocycles. The summed E-state index contributed by atoms with van der Waals surface area (Å²) in [7, 11) is 0. The van der Waals surface area contributed by atoms with Gasteiger partial charge in [-0.25, -0.2) is 0 Å². The number of hydrogen-bond acceptors (Lipinski definition) is 20. The van der Waals surface area contributed by atoms with Gasteiger partial charge in [-0.3, -0.25) is 4.79 Å². The van der Waals surface area contributed by atoms with Crippen LogP contribution < -0.4 is 5.32 Å². The number of nitrogens with one attached hydrogen (secondary N) is 1. The van der Waals surface area contributed by atoms with Crippen LogP contribution in [0.1, 0.15) is 13.8 Å². The van der Waals surface area contributed by atoms with Gasteiger partial charge in [0.25, 0.3) is 0 Å². The molecule has 3 unspecified atom stereocenters. The molecule has 274 valence electrons. The second-order valence-corrected chi connectivity index (χ2v) is 11.9. The van der Waals surface area contributed by atoms with Gasteiger partial charge in [0.2, 0.25) is 5.91 Å². The van der Waals surface area contributed by atoms with Crippen LogP contribution in [0.15, 0.2) is 0 Å². The quantitative estimate of drug-likeness (QED) is 0.101. The predicted molar refractivity (Wildman–Crippen MR) is 144 cm³/mol. The summed E-state index contributed by atoms with van der Waals surface area (Å²) in [6.45, 7) is -0.110. The molecule has 20 atom stereocenters. The molecule has 21 heteroatoms. The van der Waals surface area contributed by atoms with Crippen LogP contribution in [0.25, 0.3) is 0 Å². The fourth-order valence-electron chi connectivity index (χ4n) is 5.87. The summed E-state index contributed by atoms with van der Waals surface area (Å²) in [5.74, 6) is -0.759. The Morgan fingerprint density at radius 1 is 0.553 bits per heavy atom. The van der Waals surface area contributed by atoms with Gasteiger partial charge < -0.3 is 99.8 Å². The van der Waals surface area contributed by atoms with E-state index in [9.17, 15) is 66.1 Å². The Morgan fingerprint density at radius 3 is 1.60 bits per heavy atom. The molecule has 0 saturated carbocycles. The summed E-state index contributed by atoms with van der Waals surface area (Å²) >= 11 is 0. The van der Waals surface area contributed by atoms with E-state index in [0.29, 0.717) is 0 Å². The van der Waals surface area contributed by atoms with Crippen LogP contribution in [0.3, 0.4) is 0 Å². The molecule has 47 heavy (non-hydrogen) atoms. The molecule has 0 aromatic carbocycles. The molecule has 4 heterocycles. The Bertz CT molecular complexity index is 1010. The molecule has 0 aliphatic carbocycles. The zero-order valence-corrected chi connectivity index (χ0v) is 25.3. The van der Waals surface area contributed by atoms with Crippen LogP contribution >= 0.6 is 0 Å². The molecule has 1 amide bonds. The van der Waals surface area contributed by atoms with Crippen LogP contribution in [0.2, 0.25) is 0 Å². The largest absolute Gasteiger partial charge is 0.394 e. The van der Waals surface area contributed by atoms with E-state index in [2.05, 4.69) is 5.32 Å². The fraction of sp³-hybridized carbons (Fsp3) is 0.962.